The smallest absolute Gasteiger partial charge is 0.321 e. The van der Waals surface area contributed by atoms with E-state index in [1.54, 1.807) is 6.07 Å². The predicted molar refractivity (Wildman–Crippen MR) is 118 cm³/mol. The number of ether oxygens (including phenoxy) is 2. The van der Waals surface area contributed by atoms with Crippen molar-refractivity contribution in [1.29, 1.82) is 0 Å². The summed E-state index contributed by atoms with van der Waals surface area (Å²) in [5, 5.41) is 13.1. The van der Waals surface area contributed by atoms with Crippen LogP contribution in [0.5, 0.6) is 11.5 Å². The summed E-state index contributed by atoms with van der Waals surface area (Å²) < 4.78 is 17.0. The molecule has 0 aliphatic carbocycles. The maximum Gasteiger partial charge on any atom is 0.321 e. The fraction of sp³-hybridized carbons (Fsp3) is 0.273. The number of benzene rings is 2. The van der Waals surface area contributed by atoms with E-state index in [1.165, 1.54) is 0 Å². The number of fused-ring (bicyclic) bond motifs is 1. The predicted octanol–water partition coefficient (Wildman–Crippen LogP) is 3.11. The summed E-state index contributed by atoms with van der Waals surface area (Å²) >= 11 is 1.06. The van der Waals surface area contributed by atoms with Crippen LogP contribution in [-0.4, -0.2) is 47.1 Å². The average Bonchev–Trinajstić information content (AvgIpc) is 3.25. The summed E-state index contributed by atoms with van der Waals surface area (Å²) in [5.74, 6) is 1.15. The van der Waals surface area contributed by atoms with Gasteiger partial charge in [-0.25, -0.2) is 4.79 Å². The normalized spacial score (nSPS) is 14.6. The van der Waals surface area contributed by atoms with E-state index in [-0.39, 0.29) is 23.6 Å². The molecule has 1 atom stereocenters. The summed E-state index contributed by atoms with van der Waals surface area (Å²) in [5.41, 5.74) is 3.00. The van der Waals surface area contributed by atoms with Crippen molar-refractivity contribution in [2.75, 3.05) is 18.9 Å². The van der Waals surface area contributed by atoms with E-state index in [1.807, 2.05) is 44.2 Å². The highest BCUT2D eigenvalue weighted by Gasteiger charge is 2.21. The van der Waals surface area contributed by atoms with Gasteiger partial charge in [0.2, 0.25) is 11.8 Å². The summed E-state index contributed by atoms with van der Waals surface area (Å²) in [6.07, 6.45) is -0.345. The van der Waals surface area contributed by atoms with E-state index in [4.69, 9.17) is 13.9 Å². The second-order valence-electron chi connectivity index (χ2n) is 7.29. The van der Waals surface area contributed by atoms with Crippen molar-refractivity contribution in [2.24, 2.45) is 0 Å². The van der Waals surface area contributed by atoms with Crippen LogP contribution >= 0.6 is 11.8 Å². The average molecular weight is 455 g/mol. The summed E-state index contributed by atoms with van der Waals surface area (Å²) in [4.78, 5) is 24.1. The fourth-order valence-corrected chi connectivity index (χ4v) is 3.75. The van der Waals surface area contributed by atoms with E-state index in [0.717, 1.165) is 28.5 Å². The molecule has 10 heteroatoms. The van der Waals surface area contributed by atoms with Gasteiger partial charge in [0, 0.05) is 5.56 Å². The Morgan fingerprint density at radius 1 is 1.09 bits per heavy atom. The molecule has 0 bridgehead atoms. The maximum atomic E-state index is 12.1. The Morgan fingerprint density at radius 3 is 2.62 bits per heavy atom. The lowest BCUT2D eigenvalue weighted by molar-refractivity contribution is -0.117. The van der Waals surface area contributed by atoms with Crippen LogP contribution in [0.1, 0.15) is 11.1 Å². The fourth-order valence-electron chi connectivity index (χ4n) is 3.19. The van der Waals surface area contributed by atoms with Crippen LogP contribution in [0, 0.1) is 13.8 Å². The molecule has 3 aromatic rings. The quantitative estimate of drug-likeness (QED) is 0.546. The first-order valence-corrected chi connectivity index (χ1v) is 11.0. The van der Waals surface area contributed by atoms with Gasteiger partial charge in [-0.3, -0.25) is 10.1 Å². The molecule has 4 rings (SSSR count). The van der Waals surface area contributed by atoms with E-state index < -0.39 is 11.9 Å². The Labute approximate surface area is 188 Å². The molecule has 0 saturated heterocycles. The van der Waals surface area contributed by atoms with Crippen LogP contribution in [0.15, 0.2) is 52.1 Å². The van der Waals surface area contributed by atoms with Crippen molar-refractivity contribution in [3.05, 3.63) is 53.6 Å². The van der Waals surface area contributed by atoms with Crippen molar-refractivity contribution >= 4 is 23.7 Å². The minimum absolute atomic E-state index is 0.0433. The van der Waals surface area contributed by atoms with Crippen LogP contribution < -0.4 is 20.1 Å². The van der Waals surface area contributed by atoms with Gasteiger partial charge in [0.1, 0.15) is 6.61 Å². The zero-order chi connectivity index (χ0) is 22.5. The van der Waals surface area contributed by atoms with Gasteiger partial charge in [-0.2, -0.15) is 0 Å². The minimum atomic E-state index is -0.612. The van der Waals surface area contributed by atoms with Crippen LogP contribution in [0.4, 0.5) is 4.79 Å². The first kappa shape index (κ1) is 21.7. The van der Waals surface area contributed by atoms with E-state index >= 15 is 0 Å². The van der Waals surface area contributed by atoms with Crippen molar-refractivity contribution in [3.63, 3.8) is 0 Å². The Bertz CT molecular complexity index is 1110. The molecule has 1 unspecified atom stereocenters. The van der Waals surface area contributed by atoms with Crippen LogP contribution in [0.2, 0.25) is 0 Å². The SMILES string of the molecule is Cc1cc(C)cc(-c2nnc(SCC(=O)NC(=O)NCC3COc4ccccc4O3)o2)c1. The number of hydrogen-bond donors (Lipinski definition) is 2. The molecular formula is C22H22N4O5S. The van der Waals surface area contributed by atoms with Gasteiger partial charge in [-0.15, -0.1) is 10.2 Å². The van der Waals surface area contributed by atoms with Crippen molar-refractivity contribution in [1.82, 2.24) is 20.8 Å². The monoisotopic (exact) mass is 454 g/mol. The second kappa shape index (κ2) is 9.73. The summed E-state index contributed by atoms with van der Waals surface area (Å²) in [7, 11) is 0. The van der Waals surface area contributed by atoms with Gasteiger partial charge in [0.25, 0.3) is 5.22 Å². The Morgan fingerprint density at radius 2 is 1.84 bits per heavy atom. The molecule has 9 nitrogen and oxygen atoms in total. The summed E-state index contributed by atoms with van der Waals surface area (Å²) in [6.45, 7) is 4.49. The molecule has 1 aliphatic heterocycles. The maximum absolute atomic E-state index is 12.1. The number of carbonyl (C=O) groups excluding carboxylic acids is 2. The third kappa shape index (κ3) is 5.58. The minimum Gasteiger partial charge on any atom is -0.486 e. The molecule has 2 N–H and O–H groups in total. The highest BCUT2D eigenvalue weighted by atomic mass is 32.2. The second-order valence-corrected chi connectivity index (χ2v) is 8.22. The first-order chi connectivity index (χ1) is 15.5. The highest BCUT2D eigenvalue weighted by Crippen LogP contribution is 2.30. The number of aromatic nitrogens is 2. The molecule has 166 valence electrons. The zero-order valence-electron chi connectivity index (χ0n) is 17.6. The van der Waals surface area contributed by atoms with Gasteiger partial charge in [0.05, 0.1) is 12.3 Å². The Kier molecular flexibility index (Phi) is 6.60. The van der Waals surface area contributed by atoms with Gasteiger partial charge >= 0.3 is 6.03 Å². The lowest BCUT2D eigenvalue weighted by Crippen LogP contribution is -2.46. The van der Waals surface area contributed by atoms with Gasteiger partial charge in [0.15, 0.2) is 17.6 Å². The first-order valence-electron chi connectivity index (χ1n) is 9.97. The number of imide groups is 1. The largest absolute Gasteiger partial charge is 0.486 e. The third-order valence-electron chi connectivity index (χ3n) is 4.51. The number of thioether (sulfide) groups is 1. The lowest BCUT2D eigenvalue weighted by atomic mass is 10.1. The number of rotatable bonds is 6. The molecule has 2 aromatic carbocycles. The molecule has 0 saturated carbocycles. The molecule has 0 spiro atoms. The number of hydrogen-bond acceptors (Lipinski definition) is 8. The summed E-state index contributed by atoms with van der Waals surface area (Å²) in [6, 6.07) is 12.7. The number of carbonyl (C=O) groups is 2. The molecule has 0 radical (unpaired) electrons. The lowest BCUT2D eigenvalue weighted by Gasteiger charge is -2.26. The molecule has 3 amide bonds. The third-order valence-corrected chi connectivity index (χ3v) is 5.33. The van der Waals surface area contributed by atoms with Crippen LogP contribution in [-0.2, 0) is 4.79 Å². The molecule has 1 aliphatic rings. The van der Waals surface area contributed by atoms with Gasteiger partial charge in [-0.05, 0) is 38.1 Å². The topological polar surface area (TPSA) is 116 Å². The molecule has 0 fully saturated rings. The van der Waals surface area contributed by atoms with Crippen LogP contribution in [0.25, 0.3) is 11.5 Å². The van der Waals surface area contributed by atoms with Crippen molar-refractivity contribution in [2.45, 2.75) is 25.2 Å². The van der Waals surface area contributed by atoms with Crippen molar-refractivity contribution < 1.29 is 23.5 Å². The number of nitrogens with zero attached hydrogens (tertiary/aromatic N) is 2. The number of nitrogens with one attached hydrogen (secondary N) is 2. The number of urea groups is 1. The van der Waals surface area contributed by atoms with Crippen molar-refractivity contribution in [3.8, 4) is 23.0 Å². The Hall–Kier alpha value is -3.53. The molecule has 2 heterocycles. The van der Waals surface area contributed by atoms with Crippen LogP contribution in [0.3, 0.4) is 0 Å². The molecular weight excluding hydrogens is 432 g/mol. The van der Waals surface area contributed by atoms with E-state index in [2.05, 4.69) is 26.9 Å². The van der Waals surface area contributed by atoms with Gasteiger partial charge < -0.3 is 19.2 Å². The van der Waals surface area contributed by atoms with E-state index in [0.29, 0.717) is 24.0 Å². The van der Waals surface area contributed by atoms with Gasteiger partial charge in [-0.1, -0.05) is 41.1 Å². The number of aryl methyl sites for hydroxylation is 2. The Balaban J connectivity index is 1.21. The molecule has 32 heavy (non-hydrogen) atoms. The standard InChI is InChI=1S/C22H22N4O5S/c1-13-7-14(2)9-15(8-13)20-25-26-22(31-20)32-12-19(27)24-21(28)23-10-16-11-29-17-5-3-4-6-18(17)30-16/h3-9,16H,10-12H2,1-2H3,(H2,23,24,27,28). The van der Waals surface area contributed by atoms with E-state index in [9.17, 15) is 9.59 Å². The highest BCUT2D eigenvalue weighted by molar-refractivity contribution is 7.99. The molecule has 1 aromatic heterocycles. The number of para-hydroxylation sites is 2. The number of amides is 3. The zero-order valence-corrected chi connectivity index (χ0v) is 18.4.